The standard InChI is InChI=1S/C26H32N4O2/c1-4-16-12-19-7-6-18(13-21(19)29-15-16)20-14-22(30(3)10-11-31)24(26(27)32)25-23(20)17(5-2)8-9-28-25/h6-9,13-17,28,31H,4-5,10-12H2,1-3H3,(H2,27,32). The number of primary amides is 1. The Hall–Kier alpha value is -3.12. The van der Waals surface area contributed by atoms with Crippen LogP contribution in [0, 0.1) is 5.92 Å². The molecule has 2 aliphatic rings. The SMILES string of the molecule is CCC1C=Nc2cc(-c3cc(N(C)CCO)c(C(N)=O)c4c3C(CC)C=CN4)ccc2C1. The van der Waals surface area contributed by atoms with Gasteiger partial charge < -0.3 is 21.1 Å². The lowest BCUT2D eigenvalue weighted by atomic mass is 9.82. The Kier molecular flexibility index (Phi) is 6.33. The van der Waals surface area contributed by atoms with Crippen molar-refractivity contribution in [3.63, 3.8) is 0 Å². The zero-order valence-corrected chi connectivity index (χ0v) is 19.1. The molecule has 1 amide bonds. The zero-order chi connectivity index (χ0) is 22.8. The molecule has 2 aliphatic heterocycles. The maximum absolute atomic E-state index is 12.5. The van der Waals surface area contributed by atoms with Gasteiger partial charge in [-0.25, -0.2) is 0 Å². The topological polar surface area (TPSA) is 90.9 Å². The van der Waals surface area contributed by atoms with Gasteiger partial charge in [-0.15, -0.1) is 0 Å². The quantitative estimate of drug-likeness (QED) is 0.596. The third kappa shape index (κ3) is 3.91. The van der Waals surface area contributed by atoms with Crippen LogP contribution >= 0.6 is 0 Å². The molecule has 2 atom stereocenters. The van der Waals surface area contributed by atoms with E-state index >= 15 is 0 Å². The van der Waals surface area contributed by atoms with E-state index < -0.39 is 5.91 Å². The van der Waals surface area contributed by atoms with Crippen molar-refractivity contribution in [2.75, 3.05) is 30.4 Å². The van der Waals surface area contributed by atoms with Crippen molar-refractivity contribution in [1.82, 2.24) is 0 Å². The first kappa shape index (κ1) is 22.1. The molecule has 6 nitrogen and oxygen atoms in total. The number of allylic oxidation sites excluding steroid dienone is 1. The first-order valence-corrected chi connectivity index (χ1v) is 11.4. The smallest absolute Gasteiger partial charge is 0.252 e. The van der Waals surface area contributed by atoms with Crippen LogP contribution < -0.4 is 16.0 Å². The molecule has 2 heterocycles. The Morgan fingerprint density at radius 1 is 1.28 bits per heavy atom. The summed E-state index contributed by atoms with van der Waals surface area (Å²) in [5.74, 6) is 0.181. The van der Waals surface area contributed by atoms with Gasteiger partial charge >= 0.3 is 0 Å². The monoisotopic (exact) mass is 432 g/mol. The third-order valence-corrected chi connectivity index (χ3v) is 6.63. The van der Waals surface area contributed by atoms with Crippen molar-refractivity contribution in [3.05, 3.63) is 53.2 Å². The highest BCUT2D eigenvalue weighted by molar-refractivity contribution is 6.07. The highest BCUT2D eigenvalue weighted by Crippen LogP contribution is 2.46. The van der Waals surface area contributed by atoms with Gasteiger partial charge in [0.25, 0.3) is 5.91 Å². The van der Waals surface area contributed by atoms with Crippen LogP contribution in [0.4, 0.5) is 17.1 Å². The molecule has 0 spiro atoms. The van der Waals surface area contributed by atoms with Crippen LogP contribution in [0.3, 0.4) is 0 Å². The molecule has 4 rings (SSSR count). The van der Waals surface area contributed by atoms with Gasteiger partial charge in [0.1, 0.15) is 0 Å². The number of rotatable bonds is 7. The van der Waals surface area contributed by atoms with E-state index in [2.05, 4.69) is 49.7 Å². The van der Waals surface area contributed by atoms with E-state index in [1.54, 1.807) is 0 Å². The number of aliphatic imine (C=N–C) groups is 1. The van der Waals surface area contributed by atoms with E-state index in [1.807, 2.05) is 24.2 Å². The summed E-state index contributed by atoms with van der Waals surface area (Å²) in [6.07, 6.45) is 9.10. The Labute approximate surface area is 189 Å². The second kappa shape index (κ2) is 9.17. The van der Waals surface area contributed by atoms with Gasteiger partial charge in [-0.3, -0.25) is 9.79 Å². The summed E-state index contributed by atoms with van der Waals surface area (Å²) in [7, 11) is 1.87. The van der Waals surface area contributed by atoms with Gasteiger partial charge in [-0.1, -0.05) is 32.1 Å². The Morgan fingerprint density at radius 2 is 2.09 bits per heavy atom. The number of fused-ring (bicyclic) bond motifs is 2. The molecule has 0 bridgehead atoms. The number of carbonyl (C=O) groups is 1. The molecular formula is C26H32N4O2. The zero-order valence-electron chi connectivity index (χ0n) is 19.1. The number of benzene rings is 2. The Morgan fingerprint density at radius 3 is 2.78 bits per heavy atom. The molecule has 32 heavy (non-hydrogen) atoms. The van der Waals surface area contributed by atoms with E-state index in [0.717, 1.165) is 47.3 Å². The molecule has 2 aromatic rings. The second-order valence-corrected chi connectivity index (χ2v) is 8.63. The molecule has 4 N–H and O–H groups in total. The van der Waals surface area contributed by atoms with Crippen molar-refractivity contribution in [3.8, 4) is 11.1 Å². The lowest BCUT2D eigenvalue weighted by Gasteiger charge is -2.31. The maximum Gasteiger partial charge on any atom is 0.252 e. The number of hydrogen-bond acceptors (Lipinski definition) is 5. The van der Waals surface area contributed by atoms with Crippen LogP contribution in [0.25, 0.3) is 11.1 Å². The van der Waals surface area contributed by atoms with Crippen LogP contribution in [-0.2, 0) is 6.42 Å². The maximum atomic E-state index is 12.5. The number of aliphatic hydroxyl groups excluding tert-OH is 1. The van der Waals surface area contributed by atoms with Crippen molar-refractivity contribution in [1.29, 1.82) is 0 Å². The highest BCUT2D eigenvalue weighted by Gasteiger charge is 2.28. The van der Waals surface area contributed by atoms with Crippen LogP contribution in [0.15, 0.2) is 41.5 Å². The summed E-state index contributed by atoms with van der Waals surface area (Å²) < 4.78 is 0. The fourth-order valence-electron chi connectivity index (χ4n) is 4.76. The van der Waals surface area contributed by atoms with E-state index in [0.29, 0.717) is 23.7 Å². The predicted molar refractivity (Wildman–Crippen MR) is 132 cm³/mol. The van der Waals surface area contributed by atoms with Gasteiger partial charge in [-0.2, -0.15) is 0 Å². The summed E-state index contributed by atoms with van der Waals surface area (Å²) in [4.78, 5) is 19.2. The number of nitrogens with zero attached hydrogens (tertiary/aromatic N) is 2. The van der Waals surface area contributed by atoms with Gasteiger partial charge in [-0.05, 0) is 65.8 Å². The second-order valence-electron chi connectivity index (χ2n) is 8.63. The largest absolute Gasteiger partial charge is 0.395 e. The molecular weight excluding hydrogens is 400 g/mol. The summed E-state index contributed by atoms with van der Waals surface area (Å²) in [6, 6.07) is 8.54. The third-order valence-electron chi connectivity index (χ3n) is 6.63. The number of amides is 1. The van der Waals surface area contributed by atoms with Crippen molar-refractivity contribution in [2.45, 2.75) is 39.0 Å². The van der Waals surface area contributed by atoms with Gasteiger partial charge in [0.15, 0.2) is 0 Å². The molecule has 0 aromatic heterocycles. The number of likely N-dealkylation sites (N-methyl/N-ethyl adjacent to an activating group) is 1. The predicted octanol–water partition coefficient (Wildman–Crippen LogP) is 4.60. The summed E-state index contributed by atoms with van der Waals surface area (Å²) in [5.41, 5.74) is 13.3. The number of hydrogen-bond donors (Lipinski definition) is 3. The van der Waals surface area contributed by atoms with Crippen molar-refractivity contribution < 1.29 is 9.90 Å². The van der Waals surface area contributed by atoms with E-state index in [9.17, 15) is 9.90 Å². The minimum absolute atomic E-state index is 0.0157. The van der Waals surface area contributed by atoms with Gasteiger partial charge in [0.2, 0.25) is 0 Å². The minimum Gasteiger partial charge on any atom is -0.395 e. The highest BCUT2D eigenvalue weighted by atomic mass is 16.3. The number of carbonyl (C=O) groups excluding carboxylic acids is 1. The van der Waals surface area contributed by atoms with Crippen LogP contribution in [0.5, 0.6) is 0 Å². The number of nitrogens with two attached hydrogens (primary N) is 1. The van der Waals surface area contributed by atoms with Crippen LogP contribution in [0.1, 0.15) is 54.1 Å². The lowest BCUT2D eigenvalue weighted by molar-refractivity contribution is 0.100. The fourth-order valence-corrected chi connectivity index (χ4v) is 4.76. The average Bonchev–Trinajstić information content (AvgIpc) is 2.81. The molecule has 2 aromatic carbocycles. The van der Waals surface area contributed by atoms with Crippen LogP contribution in [0.2, 0.25) is 0 Å². The van der Waals surface area contributed by atoms with Crippen LogP contribution in [-0.4, -0.2) is 37.4 Å². The van der Waals surface area contributed by atoms with E-state index in [1.165, 1.54) is 5.56 Å². The molecule has 0 saturated carbocycles. The molecule has 0 saturated heterocycles. The van der Waals surface area contributed by atoms with Gasteiger partial charge in [0, 0.05) is 25.7 Å². The number of nitrogens with one attached hydrogen (secondary N) is 1. The number of aliphatic hydroxyl groups is 1. The normalized spacial score (nSPS) is 18.6. The molecule has 6 heteroatoms. The molecule has 2 unspecified atom stereocenters. The minimum atomic E-state index is -0.481. The molecule has 0 aliphatic carbocycles. The Balaban J connectivity index is 1.94. The first-order valence-electron chi connectivity index (χ1n) is 11.4. The summed E-state index contributed by atoms with van der Waals surface area (Å²) >= 11 is 0. The van der Waals surface area contributed by atoms with Gasteiger partial charge in [0.05, 0.1) is 29.2 Å². The van der Waals surface area contributed by atoms with E-state index in [-0.39, 0.29) is 12.5 Å². The lowest BCUT2D eigenvalue weighted by Crippen LogP contribution is -2.27. The summed E-state index contributed by atoms with van der Waals surface area (Å²) in [6.45, 7) is 4.72. The first-order chi connectivity index (χ1) is 15.5. The average molecular weight is 433 g/mol. The van der Waals surface area contributed by atoms with Crippen molar-refractivity contribution in [2.24, 2.45) is 16.6 Å². The molecule has 168 valence electrons. The molecule has 0 radical (unpaired) electrons. The fraction of sp³-hybridized carbons (Fsp3) is 0.385. The van der Waals surface area contributed by atoms with E-state index in [4.69, 9.17) is 10.7 Å². The Bertz CT molecular complexity index is 1090. The molecule has 0 fully saturated rings. The summed E-state index contributed by atoms with van der Waals surface area (Å²) in [5, 5.41) is 12.8. The number of anilines is 2. The van der Waals surface area contributed by atoms with Crippen molar-refractivity contribution >= 4 is 29.2 Å².